The van der Waals surface area contributed by atoms with Crippen LogP contribution in [0.5, 0.6) is 0 Å². The molecule has 1 heterocycles. The van der Waals surface area contributed by atoms with Crippen LogP contribution in [0.1, 0.15) is 33.1 Å². The summed E-state index contributed by atoms with van der Waals surface area (Å²) in [6, 6.07) is 0. The monoisotopic (exact) mass is 171 g/mol. The first-order valence-corrected chi connectivity index (χ1v) is 5.11. The third-order valence-electron chi connectivity index (χ3n) is 2.29. The maximum absolute atomic E-state index is 5.50. The van der Waals surface area contributed by atoms with Crippen LogP contribution in [0.2, 0.25) is 0 Å². The molecule has 1 N–H and O–H groups in total. The summed E-state index contributed by atoms with van der Waals surface area (Å²) < 4.78 is 5.50. The van der Waals surface area contributed by atoms with E-state index in [9.17, 15) is 0 Å². The fourth-order valence-electron chi connectivity index (χ4n) is 1.46. The molecule has 2 nitrogen and oxygen atoms in total. The molecule has 1 fully saturated rings. The summed E-state index contributed by atoms with van der Waals surface area (Å²) in [5, 5.41) is 3.43. The number of hydrogen-bond acceptors (Lipinski definition) is 2. The van der Waals surface area contributed by atoms with Crippen LogP contribution in [0.25, 0.3) is 0 Å². The molecule has 0 saturated carbocycles. The molecular formula is C10H21NO. The average Bonchev–Trinajstić information content (AvgIpc) is 2.49. The standard InChI is InChI=1S/C10H21NO/c1-9(2)5-6-11-8-10-4-3-7-12-10/h9-11H,3-8H2,1-2H3. The number of rotatable bonds is 5. The van der Waals surface area contributed by atoms with Gasteiger partial charge in [0.2, 0.25) is 0 Å². The molecule has 2 heteroatoms. The second kappa shape index (κ2) is 5.55. The van der Waals surface area contributed by atoms with Crippen molar-refractivity contribution in [2.45, 2.75) is 39.2 Å². The maximum Gasteiger partial charge on any atom is 0.0700 e. The lowest BCUT2D eigenvalue weighted by Crippen LogP contribution is -2.27. The molecule has 0 aromatic rings. The van der Waals surface area contributed by atoms with Gasteiger partial charge in [-0.25, -0.2) is 0 Å². The van der Waals surface area contributed by atoms with E-state index in [1.807, 2.05) is 0 Å². The highest BCUT2D eigenvalue weighted by Crippen LogP contribution is 2.10. The molecule has 1 unspecified atom stereocenters. The van der Waals surface area contributed by atoms with E-state index in [-0.39, 0.29) is 0 Å². The maximum atomic E-state index is 5.50. The van der Waals surface area contributed by atoms with Gasteiger partial charge in [0, 0.05) is 13.2 Å². The highest BCUT2D eigenvalue weighted by molar-refractivity contribution is 4.67. The lowest BCUT2D eigenvalue weighted by molar-refractivity contribution is 0.110. The number of hydrogen-bond donors (Lipinski definition) is 1. The van der Waals surface area contributed by atoms with E-state index in [0.29, 0.717) is 6.10 Å². The Hall–Kier alpha value is -0.0800. The van der Waals surface area contributed by atoms with Crippen molar-refractivity contribution in [3.05, 3.63) is 0 Å². The van der Waals surface area contributed by atoms with Crippen LogP contribution in [-0.2, 0) is 4.74 Å². The van der Waals surface area contributed by atoms with Gasteiger partial charge < -0.3 is 10.1 Å². The Labute approximate surface area is 75.7 Å². The minimum absolute atomic E-state index is 0.497. The van der Waals surface area contributed by atoms with Gasteiger partial charge in [0.15, 0.2) is 0 Å². The van der Waals surface area contributed by atoms with Gasteiger partial charge in [-0.2, -0.15) is 0 Å². The van der Waals surface area contributed by atoms with Gasteiger partial charge >= 0.3 is 0 Å². The molecule has 0 aliphatic carbocycles. The van der Waals surface area contributed by atoms with Crippen molar-refractivity contribution in [1.29, 1.82) is 0 Å². The van der Waals surface area contributed by atoms with Crippen LogP contribution in [0, 0.1) is 5.92 Å². The predicted octanol–water partition coefficient (Wildman–Crippen LogP) is 1.80. The lowest BCUT2D eigenvalue weighted by Gasteiger charge is -2.11. The van der Waals surface area contributed by atoms with Crippen LogP contribution < -0.4 is 5.32 Å². The Bertz CT molecular complexity index is 108. The number of nitrogens with one attached hydrogen (secondary N) is 1. The predicted molar refractivity (Wildman–Crippen MR) is 51.3 cm³/mol. The Morgan fingerprint density at radius 3 is 2.92 bits per heavy atom. The summed E-state index contributed by atoms with van der Waals surface area (Å²) in [4.78, 5) is 0. The first kappa shape index (κ1) is 10.0. The highest BCUT2D eigenvalue weighted by atomic mass is 16.5. The molecule has 1 aliphatic heterocycles. The average molecular weight is 171 g/mol. The largest absolute Gasteiger partial charge is 0.377 e. The summed E-state index contributed by atoms with van der Waals surface area (Å²) in [5.74, 6) is 0.807. The zero-order valence-electron chi connectivity index (χ0n) is 8.31. The summed E-state index contributed by atoms with van der Waals surface area (Å²) in [7, 11) is 0. The minimum atomic E-state index is 0.497. The summed E-state index contributed by atoms with van der Waals surface area (Å²) >= 11 is 0. The molecule has 0 aromatic heterocycles. The van der Waals surface area contributed by atoms with E-state index in [1.54, 1.807) is 0 Å². The molecule has 0 spiro atoms. The van der Waals surface area contributed by atoms with Crippen LogP contribution in [0.3, 0.4) is 0 Å². The van der Waals surface area contributed by atoms with Gasteiger partial charge in [-0.15, -0.1) is 0 Å². The van der Waals surface area contributed by atoms with Crippen molar-refractivity contribution >= 4 is 0 Å². The smallest absolute Gasteiger partial charge is 0.0700 e. The van der Waals surface area contributed by atoms with Crippen LogP contribution in [0.4, 0.5) is 0 Å². The molecule has 0 radical (unpaired) electrons. The van der Waals surface area contributed by atoms with Gasteiger partial charge in [-0.3, -0.25) is 0 Å². The highest BCUT2D eigenvalue weighted by Gasteiger charge is 2.13. The van der Waals surface area contributed by atoms with Crippen LogP contribution in [-0.4, -0.2) is 25.8 Å². The molecule has 1 aliphatic rings. The Kier molecular flexibility index (Phi) is 4.62. The van der Waals surface area contributed by atoms with E-state index in [1.165, 1.54) is 19.3 Å². The molecule has 0 amide bonds. The van der Waals surface area contributed by atoms with E-state index >= 15 is 0 Å². The van der Waals surface area contributed by atoms with Crippen molar-refractivity contribution in [3.63, 3.8) is 0 Å². The molecular weight excluding hydrogens is 150 g/mol. The van der Waals surface area contributed by atoms with Crippen LogP contribution in [0.15, 0.2) is 0 Å². The fourth-order valence-corrected chi connectivity index (χ4v) is 1.46. The topological polar surface area (TPSA) is 21.3 Å². The second-order valence-electron chi connectivity index (χ2n) is 4.02. The lowest BCUT2D eigenvalue weighted by atomic mass is 10.1. The molecule has 0 bridgehead atoms. The van der Waals surface area contributed by atoms with Gasteiger partial charge in [0.25, 0.3) is 0 Å². The Balaban J connectivity index is 1.88. The van der Waals surface area contributed by atoms with Crippen molar-refractivity contribution in [1.82, 2.24) is 5.32 Å². The van der Waals surface area contributed by atoms with E-state index in [4.69, 9.17) is 4.74 Å². The quantitative estimate of drug-likeness (QED) is 0.637. The molecule has 12 heavy (non-hydrogen) atoms. The third kappa shape index (κ3) is 4.07. The van der Waals surface area contributed by atoms with Gasteiger partial charge in [-0.05, 0) is 31.7 Å². The fraction of sp³-hybridized carbons (Fsp3) is 1.00. The molecule has 72 valence electrons. The molecule has 1 atom stereocenters. The first-order valence-electron chi connectivity index (χ1n) is 5.11. The van der Waals surface area contributed by atoms with Gasteiger partial charge in [0.1, 0.15) is 0 Å². The van der Waals surface area contributed by atoms with Crippen molar-refractivity contribution in [2.75, 3.05) is 19.7 Å². The van der Waals surface area contributed by atoms with E-state index < -0.39 is 0 Å². The van der Waals surface area contributed by atoms with Gasteiger partial charge in [-0.1, -0.05) is 13.8 Å². The normalized spacial score (nSPS) is 23.8. The van der Waals surface area contributed by atoms with Crippen LogP contribution >= 0.6 is 0 Å². The van der Waals surface area contributed by atoms with Crippen molar-refractivity contribution < 1.29 is 4.74 Å². The molecule has 1 saturated heterocycles. The molecule has 1 rings (SSSR count). The zero-order valence-corrected chi connectivity index (χ0v) is 8.31. The summed E-state index contributed by atoms with van der Waals surface area (Å²) in [5.41, 5.74) is 0. The van der Waals surface area contributed by atoms with Crippen molar-refractivity contribution in [2.24, 2.45) is 5.92 Å². The van der Waals surface area contributed by atoms with E-state index in [2.05, 4.69) is 19.2 Å². The molecule has 0 aromatic carbocycles. The van der Waals surface area contributed by atoms with E-state index in [0.717, 1.165) is 25.6 Å². The third-order valence-corrected chi connectivity index (χ3v) is 2.29. The Morgan fingerprint density at radius 1 is 1.50 bits per heavy atom. The first-order chi connectivity index (χ1) is 5.79. The Morgan fingerprint density at radius 2 is 2.33 bits per heavy atom. The van der Waals surface area contributed by atoms with Gasteiger partial charge in [0.05, 0.1) is 6.10 Å². The van der Waals surface area contributed by atoms with Crippen molar-refractivity contribution in [3.8, 4) is 0 Å². The minimum Gasteiger partial charge on any atom is -0.377 e. The zero-order chi connectivity index (χ0) is 8.81. The number of ether oxygens (including phenoxy) is 1. The summed E-state index contributed by atoms with van der Waals surface area (Å²) in [6.45, 7) is 7.67. The second-order valence-corrected chi connectivity index (χ2v) is 4.02. The SMILES string of the molecule is CC(C)CCNCC1CCCO1. The summed E-state index contributed by atoms with van der Waals surface area (Å²) in [6.07, 6.45) is 4.26.